The predicted octanol–water partition coefficient (Wildman–Crippen LogP) is 1.83. The lowest BCUT2D eigenvalue weighted by Crippen LogP contribution is -2.19. The SMILES string of the molecule is Cc1ccncc1C(C)OC1CCNC1. The molecule has 1 N–H and O–H groups in total. The summed E-state index contributed by atoms with van der Waals surface area (Å²) in [6.07, 6.45) is 5.34. The Balaban J connectivity index is 2.00. The molecule has 82 valence electrons. The number of ether oxygens (including phenoxy) is 1. The van der Waals surface area contributed by atoms with E-state index in [2.05, 4.69) is 24.1 Å². The van der Waals surface area contributed by atoms with E-state index >= 15 is 0 Å². The molecular formula is C12H18N2O. The van der Waals surface area contributed by atoms with E-state index in [9.17, 15) is 0 Å². The van der Waals surface area contributed by atoms with Gasteiger partial charge in [-0.25, -0.2) is 0 Å². The lowest BCUT2D eigenvalue weighted by atomic mass is 10.1. The molecule has 1 saturated heterocycles. The van der Waals surface area contributed by atoms with Crippen LogP contribution in [0.2, 0.25) is 0 Å². The van der Waals surface area contributed by atoms with Crippen molar-refractivity contribution in [1.82, 2.24) is 10.3 Å². The van der Waals surface area contributed by atoms with Gasteiger partial charge >= 0.3 is 0 Å². The van der Waals surface area contributed by atoms with Gasteiger partial charge in [0.2, 0.25) is 0 Å². The molecule has 3 heteroatoms. The molecule has 0 amide bonds. The third kappa shape index (κ3) is 2.55. The average molecular weight is 206 g/mol. The van der Waals surface area contributed by atoms with Crippen molar-refractivity contribution >= 4 is 0 Å². The third-order valence-electron chi connectivity index (χ3n) is 2.93. The molecule has 2 heterocycles. The molecular weight excluding hydrogens is 188 g/mol. The van der Waals surface area contributed by atoms with Crippen LogP contribution in [-0.4, -0.2) is 24.2 Å². The number of hydrogen-bond donors (Lipinski definition) is 1. The topological polar surface area (TPSA) is 34.1 Å². The minimum absolute atomic E-state index is 0.142. The van der Waals surface area contributed by atoms with Crippen LogP contribution < -0.4 is 5.32 Å². The zero-order valence-electron chi connectivity index (χ0n) is 9.36. The summed E-state index contributed by atoms with van der Waals surface area (Å²) in [7, 11) is 0. The summed E-state index contributed by atoms with van der Waals surface area (Å²) in [5.74, 6) is 0. The van der Waals surface area contributed by atoms with Gasteiger partial charge in [0, 0.05) is 24.5 Å². The molecule has 0 spiro atoms. The summed E-state index contributed by atoms with van der Waals surface area (Å²) in [6.45, 7) is 6.25. The first-order valence-electron chi connectivity index (χ1n) is 5.54. The molecule has 1 aliphatic heterocycles. The predicted molar refractivity (Wildman–Crippen MR) is 59.7 cm³/mol. The number of pyridine rings is 1. The highest BCUT2D eigenvalue weighted by Crippen LogP contribution is 2.22. The maximum atomic E-state index is 5.98. The van der Waals surface area contributed by atoms with Crippen LogP contribution >= 0.6 is 0 Å². The van der Waals surface area contributed by atoms with Crippen LogP contribution in [0.4, 0.5) is 0 Å². The van der Waals surface area contributed by atoms with Gasteiger partial charge in [-0.1, -0.05) is 0 Å². The molecule has 2 unspecified atom stereocenters. The molecule has 0 radical (unpaired) electrons. The molecule has 1 fully saturated rings. The van der Waals surface area contributed by atoms with Gasteiger partial charge in [0.1, 0.15) is 0 Å². The van der Waals surface area contributed by atoms with Gasteiger partial charge in [-0.15, -0.1) is 0 Å². The molecule has 1 aromatic heterocycles. The Labute approximate surface area is 90.9 Å². The Hall–Kier alpha value is -0.930. The zero-order chi connectivity index (χ0) is 10.7. The second-order valence-electron chi connectivity index (χ2n) is 4.13. The van der Waals surface area contributed by atoms with Crippen molar-refractivity contribution in [2.45, 2.75) is 32.5 Å². The van der Waals surface area contributed by atoms with E-state index in [0.29, 0.717) is 6.10 Å². The van der Waals surface area contributed by atoms with Crippen LogP contribution in [0.5, 0.6) is 0 Å². The Morgan fingerprint density at radius 3 is 3.13 bits per heavy atom. The first-order chi connectivity index (χ1) is 7.27. The first kappa shape index (κ1) is 10.6. The number of aromatic nitrogens is 1. The number of nitrogens with zero attached hydrogens (tertiary/aromatic N) is 1. The first-order valence-corrected chi connectivity index (χ1v) is 5.54. The van der Waals surface area contributed by atoms with Crippen molar-refractivity contribution in [3.63, 3.8) is 0 Å². The van der Waals surface area contributed by atoms with Gasteiger partial charge in [0.15, 0.2) is 0 Å². The van der Waals surface area contributed by atoms with Gasteiger partial charge in [-0.2, -0.15) is 0 Å². The lowest BCUT2D eigenvalue weighted by molar-refractivity contribution is 0.00780. The van der Waals surface area contributed by atoms with E-state index in [1.165, 1.54) is 11.1 Å². The van der Waals surface area contributed by atoms with E-state index in [1.807, 2.05) is 18.5 Å². The molecule has 2 atom stereocenters. The molecule has 0 saturated carbocycles. The molecule has 3 nitrogen and oxygen atoms in total. The van der Waals surface area contributed by atoms with Crippen molar-refractivity contribution in [1.29, 1.82) is 0 Å². The second-order valence-corrected chi connectivity index (χ2v) is 4.13. The van der Waals surface area contributed by atoms with Gasteiger partial charge in [-0.3, -0.25) is 4.98 Å². The average Bonchev–Trinajstić information content (AvgIpc) is 2.71. The standard InChI is InChI=1S/C12H18N2O/c1-9-3-5-14-8-12(9)10(2)15-11-4-6-13-7-11/h3,5,8,10-11,13H,4,6-7H2,1-2H3. The van der Waals surface area contributed by atoms with Crippen LogP contribution in [0.3, 0.4) is 0 Å². The fourth-order valence-corrected chi connectivity index (χ4v) is 2.01. The van der Waals surface area contributed by atoms with Crippen molar-refractivity contribution in [2.24, 2.45) is 0 Å². The monoisotopic (exact) mass is 206 g/mol. The summed E-state index contributed by atoms with van der Waals surface area (Å²) >= 11 is 0. The van der Waals surface area contributed by atoms with Crippen molar-refractivity contribution < 1.29 is 4.74 Å². The summed E-state index contributed by atoms with van der Waals surface area (Å²) in [4.78, 5) is 4.15. The minimum Gasteiger partial charge on any atom is -0.369 e. The van der Waals surface area contributed by atoms with Crippen molar-refractivity contribution in [3.8, 4) is 0 Å². The number of aryl methyl sites for hydroxylation is 1. The summed E-state index contributed by atoms with van der Waals surface area (Å²) in [5, 5.41) is 3.30. The van der Waals surface area contributed by atoms with Crippen molar-refractivity contribution in [3.05, 3.63) is 29.6 Å². The van der Waals surface area contributed by atoms with Crippen molar-refractivity contribution in [2.75, 3.05) is 13.1 Å². The van der Waals surface area contributed by atoms with Crippen LogP contribution in [-0.2, 0) is 4.74 Å². The lowest BCUT2D eigenvalue weighted by Gasteiger charge is -2.19. The number of hydrogen-bond acceptors (Lipinski definition) is 3. The zero-order valence-corrected chi connectivity index (χ0v) is 9.36. The molecule has 1 aromatic rings. The molecule has 0 bridgehead atoms. The summed E-state index contributed by atoms with van der Waals surface area (Å²) in [5.41, 5.74) is 2.45. The Morgan fingerprint density at radius 2 is 2.47 bits per heavy atom. The fraction of sp³-hybridized carbons (Fsp3) is 0.583. The molecule has 2 rings (SSSR count). The number of rotatable bonds is 3. The van der Waals surface area contributed by atoms with Gasteiger partial charge < -0.3 is 10.1 Å². The highest BCUT2D eigenvalue weighted by atomic mass is 16.5. The minimum atomic E-state index is 0.142. The highest BCUT2D eigenvalue weighted by molar-refractivity contribution is 5.23. The molecule has 0 aromatic carbocycles. The van der Waals surface area contributed by atoms with E-state index in [1.54, 1.807) is 0 Å². The summed E-state index contributed by atoms with van der Waals surface area (Å²) < 4.78 is 5.98. The quantitative estimate of drug-likeness (QED) is 0.819. The van der Waals surface area contributed by atoms with E-state index in [-0.39, 0.29) is 6.10 Å². The second kappa shape index (κ2) is 4.73. The molecule has 1 aliphatic rings. The van der Waals surface area contributed by atoms with Crippen LogP contribution in [0.15, 0.2) is 18.5 Å². The summed E-state index contributed by atoms with van der Waals surface area (Å²) in [6, 6.07) is 2.03. The van der Waals surface area contributed by atoms with Crippen LogP contribution in [0.1, 0.15) is 30.6 Å². The normalized spacial score (nSPS) is 22.9. The fourth-order valence-electron chi connectivity index (χ4n) is 2.01. The maximum Gasteiger partial charge on any atom is 0.0818 e. The molecule has 0 aliphatic carbocycles. The molecule has 15 heavy (non-hydrogen) atoms. The van der Waals surface area contributed by atoms with Crippen LogP contribution in [0.25, 0.3) is 0 Å². The Bertz CT molecular complexity index is 321. The van der Waals surface area contributed by atoms with Gasteiger partial charge in [0.25, 0.3) is 0 Å². The van der Waals surface area contributed by atoms with E-state index < -0.39 is 0 Å². The Morgan fingerprint density at radius 1 is 1.60 bits per heavy atom. The van der Waals surface area contributed by atoms with E-state index in [0.717, 1.165) is 19.5 Å². The number of nitrogens with one attached hydrogen (secondary N) is 1. The van der Waals surface area contributed by atoms with Gasteiger partial charge in [0.05, 0.1) is 12.2 Å². The highest BCUT2D eigenvalue weighted by Gasteiger charge is 2.19. The van der Waals surface area contributed by atoms with Gasteiger partial charge in [-0.05, 0) is 38.4 Å². The maximum absolute atomic E-state index is 5.98. The smallest absolute Gasteiger partial charge is 0.0818 e. The van der Waals surface area contributed by atoms with Crippen LogP contribution in [0, 0.1) is 6.92 Å². The third-order valence-corrected chi connectivity index (χ3v) is 2.93. The Kier molecular flexibility index (Phi) is 3.34. The largest absolute Gasteiger partial charge is 0.369 e. The van der Waals surface area contributed by atoms with E-state index in [4.69, 9.17) is 4.74 Å².